The average Bonchev–Trinajstić information content (AvgIpc) is 3.38. The molecule has 0 saturated carbocycles. The molecule has 1 N–H and O–H groups in total. The van der Waals surface area contributed by atoms with Crippen LogP contribution in [0.4, 0.5) is 13.2 Å². The quantitative estimate of drug-likeness (QED) is 0.397. The summed E-state index contributed by atoms with van der Waals surface area (Å²) in [5.41, 5.74) is -0.0504. The van der Waals surface area contributed by atoms with Gasteiger partial charge in [-0.3, -0.25) is 9.59 Å². The number of carbonyl (C=O) groups excluding carboxylic acids is 2. The van der Waals surface area contributed by atoms with E-state index in [9.17, 15) is 28.0 Å². The van der Waals surface area contributed by atoms with E-state index in [2.05, 4.69) is 11.4 Å². The monoisotopic (exact) mass is 513 g/mol. The minimum absolute atomic E-state index is 0.0355. The van der Waals surface area contributed by atoms with Crippen LogP contribution in [-0.2, 0) is 27.7 Å². The number of nitrogens with one attached hydrogen (secondary N) is 1. The number of hydrogen-bond donors (Lipinski definition) is 1. The number of rotatable bonds is 10. The smallest absolute Gasteiger partial charge is 0.350 e. The number of halogens is 3. The van der Waals surface area contributed by atoms with Crippen molar-refractivity contribution in [3.63, 3.8) is 0 Å². The van der Waals surface area contributed by atoms with Crippen LogP contribution in [0.2, 0.25) is 0 Å². The highest BCUT2D eigenvalue weighted by Crippen LogP contribution is 2.37. The molecule has 1 saturated heterocycles. The van der Waals surface area contributed by atoms with Crippen molar-refractivity contribution < 1.29 is 22.8 Å². The predicted molar refractivity (Wildman–Crippen MR) is 135 cm³/mol. The summed E-state index contributed by atoms with van der Waals surface area (Å²) in [6, 6.07) is 16.5. The fourth-order valence-electron chi connectivity index (χ4n) is 5.08. The van der Waals surface area contributed by atoms with E-state index in [4.69, 9.17) is 0 Å². The van der Waals surface area contributed by atoms with Crippen LogP contribution < -0.4 is 5.32 Å². The van der Waals surface area contributed by atoms with Gasteiger partial charge in [-0.1, -0.05) is 62.7 Å². The molecule has 2 aromatic rings. The molecule has 0 bridgehead atoms. The van der Waals surface area contributed by atoms with Gasteiger partial charge in [0.25, 0.3) is 0 Å². The van der Waals surface area contributed by atoms with Crippen LogP contribution in [0.5, 0.6) is 0 Å². The maximum absolute atomic E-state index is 12.9. The number of hydrogen-bond acceptors (Lipinski definition) is 3. The molecule has 1 fully saturated rings. The molecular weight excluding hydrogens is 479 g/mol. The lowest BCUT2D eigenvalue weighted by Gasteiger charge is -2.31. The summed E-state index contributed by atoms with van der Waals surface area (Å²) in [5.74, 6) is -0.349. The van der Waals surface area contributed by atoms with E-state index in [0.717, 1.165) is 17.7 Å². The molecule has 0 aromatic heterocycles. The lowest BCUT2D eigenvalue weighted by Crippen LogP contribution is -2.45. The fraction of sp³-hybridized carbons (Fsp3) is 0.483. The Morgan fingerprint density at radius 2 is 1.78 bits per heavy atom. The second-order valence-electron chi connectivity index (χ2n) is 9.97. The molecule has 3 rings (SSSR count). The van der Waals surface area contributed by atoms with Gasteiger partial charge in [0, 0.05) is 19.5 Å². The molecule has 8 heteroatoms. The van der Waals surface area contributed by atoms with Crippen molar-refractivity contribution in [2.45, 2.75) is 76.6 Å². The van der Waals surface area contributed by atoms with E-state index in [0.29, 0.717) is 44.2 Å². The summed E-state index contributed by atoms with van der Waals surface area (Å²) in [4.78, 5) is 27.3. The van der Waals surface area contributed by atoms with Crippen molar-refractivity contribution in [3.8, 4) is 6.07 Å². The SMILES string of the molecule is CC(C)C(C#N)(CCCCC(=O)N1CCC[C@@H]1C(=O)NCc1cccc(C(F)(F)F)c1)c1ccccc1. The predicted octanol–water partition coefficient (Wildman–Crippen LogP) is 5.99. The zero-order valence-corrected chi connectivity index (χ0v) is 21.4. The summed E-state index contributed by atoms with van der Waals surface area (Å²) in [6.07, 6.45) is -0.988. The highest BCUT2D eigenvalue weighted by atomic mass is 19.4. The zero-order chi connectivity index (χ0) is 27.1. The fourth-order valence-corrected chi connectivity index (χ4v) is 5.08. The van der Waals surface area contributed by atoms with Gasteiger partial charge >= 0.3 is 6.18 Å². The number of amides is 2. The van der Waals surface area contributed by atoms with Crippen molar-refractivity contribution in [2.75, 3.05) is 6.54 Å². The van der Waals surface area contributed by atoms with E-state index >= 15 is 0 Å². The van der Waals surface area contributed by atoms with E-state index < -0.39 is 23.2 Å². The molecule has 37 heavy (non-hydrogen) atoms. The Morgan fingerprint density at radius 1 is 1.08 bits per heavy atom. The normalized spacial score (nSPS) is 17.3. The third kappa shape index (κ3) is 6.91. The Kier molecular flexibility index (Phi) is 9.36. The van der Waals surface area contributed by atoms with Crippen LogP contribution in [0.3, 0.4) is 0 Å². The van der Waals surface area contributed by atoms with Crippen molar-refractivity contribution >= 4 is 11.8 Å². The van der Waals surface area contributed by atoms with Gasteiger partial charge in [-0.05, 0) is 54.9 Å². The highest BCUT2D eigenvalue weighted by Gasteiger charge is 2.36. The first-order chi connectivity index (χ1) is 17.6. The molecule has 1 unspecified atom stereocenters. The summed E-state index contributed by atoms with van der Waals surface area (Å²) in [5, 5.41) is 12.7. The van der Waals surface area contributed by atoms with Gasteiger partial charge in [-0.25, -0.2) is 0 Å². The molecule has 5 nitrogen and oxygen atoms in total. The Labute approximate surface area is 216 Å². The Balaban J connectivity index is 1.53. The van der Waals surface area contributed by atoms with Crippen LogP contribution >= 0.6 is 0 Å². The first-order valence-electron chi connectivity index (χ1n) is 12.8. The van der Waals surface area contributed by atoms with Crippen LogP contribution in [-0.4, -0.2) is 29.3 Å². The number of benzene rings is 2. The second-order valence-corrected chi connectivity index (χ2v) is 9.97. The third-order valence-electron chi connectivity index (χ3n) is 7.28. The molecule has 198 valence electrons. The van der Waals surface area contributed by atoms with Crippen LogP contribution in [0, 0.1) is 17.2 Å². The zero-order valence-electron chi connectivity index (χ0n) is 21.4. The van der Waals surface area contributed by atoms with Gasteiger partial charge in [0.05, 0.1) is 17.0 Å². The summed E-state index contributed by atoms with van der Waals surface area (Å²) in [6.45, 7) is 4.52. The van der Waals surface area contributed by atoms with E-state index in [1.165, 1.54) is 12.1 Å². The molecule has 2 aromatic carbocycles. The summed E-state index contributed by atoms with van der Waals surface area (Å²) in [7, 11) is 0. The van der Waals surface area contributed by atoms with E-state index in [1.54, 1.807) is 4.90 Å². The maximum Gasteiger partial charge on any atom is 0.416 e. The molecule has 0 spiro atoms. The maximum atomic E-state index is 12.9. The number of nitriles is 1. The first kappa shape index (κ1) is 28.2. The van der Waals surface area contributed by atoms with Crippen LogP contribution in [0.25, 0.3) is 0 Å². The number of unbranched alkanes of at least 4 members (excludes halogenated alkanes) is 1. The van der Waals surface area contributed by atoms with Gasteiger partial charge < -0.3 is 10.2 Å². The lowest BCUT2D eigenvalue weighted by molar-refractivity contribution is -0.138. The average molecular weight is 514 g/mol. The lowest BCUT2D eigenvalue weighted by atomic mass is 9.69. The first-order valence-corrected chi connectivity index (χ1v) is 12.8. The molecule has 1 aliphatic heterocycles. The number of carbonyl (C=O) groups is 2. The Hall–Kier alpha value is -3.34. The van der Waals surface area contributed by atoms with Gasteiger partial charge in [-0.2, -0.15) is 18.4 Å². The Morgan fingerprint density at radius 3 is 2.43 bits per heavy atom. The molecular formula is C29H34F3N3O2. The minimum atomic E-state index is -4.45. The van der Waals surface area contributed by atoms with Gasteiger partial charge in [0.15, 0.2) is 0 Å². The van der Waals surface area contributed by atoms with Gasteiger partial charge in [0.1, 0.15) is 6.04 Å². The summed E-state index contributed by atoms with van der Waals surface area (Å²) < 4.78 is 38.8. The van der Waals surface area contributed by atoms with Crippen molar-refractivity contribution in [3.05, 3.63) is 71.3 Å². The highest BCUT2D eigenvalue weighted by molar-refractivity contribution is 5.88. The molecule has 0 aliphatic carbocycles. The van der Waals surface area contributed by atoms with Crippen molar-refractivity contribution in [1.82, 2.24) is 10.2 Å². The number of likely N-dealkylation sites (tertiary alicyclic amines) is 1. The molecule has 2 amide bonds. The molecule has 1 heterocycles. The van der Waals surface area contributed by atoms with E-state index in [1.807, 2.05) is 44.2 Å². The largest absolute Gasteiger partial charge is 0.416 e. The van der Waals surface area contributed by atoms with Crippen molar-refractivity contribution in [2.24, 2.45) is 5.92 Å². The number of alkyl halides is 3. The van der Waals surface area contributed by atoms with E-state index in [-0.39, 0.29) is 30.7 Å². The molecule has 1 aliphatic rings. The molecule has 0 radical (unpaired) electrons. The van der Waals surface area contributed by atoms with Crippen LogP contribution in [0.15, 0.2) is 54.6 Å². The second kappa shape index (κ2) is 12.3. The minimum Gasteiger partial charge on any atom is -0.350 e. The topological polar surface area (TPSA) is 73.2 Å². The van der Waals surface area contributed by atoms with Gasteiger partial charge in [0.2, 0.25) is 11.8 Å². The van der Waals surface area contributed by atoms with Crippen molar-refractivity contribution in [1.29, 1.82) is 5.26 Å². The van der Waals surface area contributed by atoms with Gasteiger partial charge in [-0.15, -0.1) is 0 Å². The summed E-state index contributed by atoms with van der Waals surface area (Å²) >= 11 is 0. The third-order valence-corrected chi connectivity index (χ3v) is 7.28. The molecule has 2 atom stereocenters. The number of nitrogens with zero attached hydrogens (tertiary/aromatic N) is 2. The Bertz CT molecular complexity index is 1110. The standard InChI is InChI=1S/C29H34F3N3O2/c1-21(2)28(20-33,23-11-4-3-5-12-23)16-7-6-15-26(36)35-17-9-14-25(35)27(37)34-19-22-10-8-13-24(18-22)29(30,31)32/h3-5,8,10-13,18,21,25H,6-7,9,14-17,19H2,1-2H3,(H,34,37)/t25-,28?/m1/s1. The van der Waals surface area contributed by atoms with Crippen LogP contribution in [0.1, 0.15) is 69.1 Å².